The van der Waals surface area contributed by atoms with E-state index in [2.05, 4.69) is 15.4 Å². The van der Waals surface area contributed by atoms with Crippen molar-refractivity contribution in [1.29, 1.82) is 0 Å². The lowest BCUT2D eigenvalue weighted by atomic mass is 9.97. The van der Waals surface area contributed by atoms with Crippen LogP contribution in [0.15, 0.2) is 36.8 Å². The quantitative estimate of drug-likeness (QED) is 0.726. The van der Waals surface area contributed by atoms with E-state index in [1.807, 2.05) is 19.1 Å². The maximum absolute atomic E-state index is 13.0. The number of nitrogens with zero attached hydrogens (tertiary/aromatic N) is 3. The van der Waals surface area contributed by atoms with Crippen LogP contribution in [0.4, 0.5) is 5.69 Å². The molecule has 1 amide bonds. The maximum atomic E-state index is 13.0. The van der Waals surface area contributed by atoms with Crippen molar-refractivity contribution in [2.24, 2.45) is 0 Å². The van der Waals surface area contributed by atoms with Gasteiger partial charge < -0.3 is 14.8 Å². The second-order valence-corrected chi connectivity index (χ2v) is 7.87. The summed E-state index contributed by atoms with van der Waals surface area (Å²) in [5, 5.41) is 7.23. The number of aromatic nitrogens is 3. The highest BCUT2D eigenvalue weighted by Crippen LogP contribution is 2.39. The number of anilines is 1. The zero-order valence-corrected chi connectivity index (χ0v) is 16.4. The van der Waals surface area contributed by atoms with Crippen molar-refractivity contribution in [3.8, 4) is 11.5 Å². The fourth-order valence-corrected chi connectivity index (χ4v) is 4.18. The smallest absolute Gasteiger partial charge is 0.261 e. The Morgan fingerprint density at radius 3 is 3.00 bits per heavy atom. The first-order valence-electron chi connectivity index (χ1n) is 10.3. The third-order valence-electron chi connectivity index (χ3n) is 5.62. The summed E-state index contributed by atoms with van der Waals surface area (Å²) in [5.41, 5.74) is 2.71. The van der Waals surface area contributed by atoms with E-state index in [0.29, 0.717) is 22.6 Å². The average molecular weight is 392 g/mol. The SMILES string of the molecule is CC1Cc2cc(NC(=O)c3cnn4cccnc34)c(OC3CCCCC3)cc2O1. The third kappa shape index (κ3) is 3.52. The number of hydrogen-bond donors (Lipinski definition) is 1. The van der Waals surface area contributed by atoms with Gasteiger partial charge in [-0.1, -0.05) is 6.42 Å². The summed E-state index contributed by atoms with van der Waals surface area (Å²) >= 11 is 0. The van der Waals surface area contributed by atoms with Crippen LogP contribution in [-0.4, -0.2) is 32.7 Å². The van der Waals surface area contributed by atoms with Crippen molar-refractivity contribution in [1.82, 2.24) is 14.6 Å². The van der Waals surface area contributed by atoms with Crippen molar-refractivity contribution < 1.29 is 14.3 Å². The van der Waals surface area contributed by atoms with E-state index >= 15 is 0 Å². The lowest BCUT2D eigenvalue weighted by molar-refractivity contribution is 0.102. The summed E-state index contributed by atoms with van der Waals surface area (Å²) in [7, 11) is 0. The molecule has 0 spiro atoms. The Bertz CT molecular complexity index is 1060. The highest BCUT2D eigenvalue weighted by molar-refractivity contribution is 6.08. The van der Waals surface area contributed by atoms with Crippen molar-refractivity contribution in [2.45, 2.75) is 57.7 Å². The van der Waals surface area contributed by atoms with E-state index in [9.17, 15) is 4.79 Å². The molecule has 1 atom stereocenters. The van der Waals surface area contributed by atoms with Gasteiger partial charge in [0, 0.05) is 30.4 Å². The molecule has 5 rings (SSSR count). The van der Waals surface area contributed by atoms with E-state index in [1.165, 1.54) is 25.5 Å². The van der Waals surface area contributed by atoms with Gasteiger partial charge in [0.25, 0.3) is 5.91 Å². The highest BCUT2D eigenvalue weighted by atomic mass is 16.5. The molecule has 2 aromatic heterocycles. The molecule has 1 fully saturated rings. The van der Waals surface area contributed by atoms with Crippen molar-refractivity contribution in [2.75, 3.05) is 5.32 Å². The van der Waals surface area contributed by atoms with Gasteiger partial charge in [0.1, 0.15) is 23.2 Å². The molecule has 2 aliphatic rings. The molecule has 1 N–H and O–H groups in total. The van der Waals surface area contributed by atoms with E-state index < -0.39 is 0 Å². The van der Waals surface area contributed by atoms with Gasteiger partial charge in [-0.2, -0.15) is 5.10 Å². The van der Waals surface area contributed by atoms with Crippen LogP contribution in [-0.2, 0) is 6.42 Å². The van der Waals surface area contributed by atoms with Crippen LogP contribution in [0.3, 0.4) is 0 Å². The molecule has 7 heteroatoms. The summed E-state index contributed by atoms with van der Waals surface area (Å²) in [6, 6.07) is 5.69. The first kappa shape index (κ1) is 18.0. The zero-order chi connectivity index (χ0) is 19.8. The van der Waals surface area contributed by atoms with Crippen LogP contribution in [0.5, 0.6) is 11.5 Å². The van der Waals surface area contributed by atoms with Crippen molar-refractivity contribution in [3.05, 3.63) is 47.9 Å². The number of nitrogens with one attached hydrogen (secondary N) is 1. The molecule has 1 aromatic carbocycles. The number of ether oxygens (including phenoxy) is 2. The number of carbonyl (C=O) groups excluding carboxylic acids is 1. The summed E-state index contributed by atoms with van der Waals surface area (Å²) < 4.78 is 13.8. The molecule has 1 unspecified atom stereocenters. The van der Waals surface area contributed by atoms with Gasteiger partial charge in [-0.05, 0) is 44.7 Å². The standard InChI is InChI=1S/C22H24N4O3/c1-14-10-15-11-18(20(12-19(15)28-14)29-16-6-3-2-4-7-16)25-22(27)17-13-24-26-9-5-8-23-21(17)26/h5,8-9,11-14,16H,2-4,6-7,10H2,1H3,(H,25,27). The monoisotopic (exact) mass is 392 g/mol. The van der Waals surface area contributed by atoms with Crippen molar-refractivity contribution in [3.63, 3.8) is 0 Å². The third-order valence-corrected chi connectivity index (χ3v) is 5.62. The summed E-state index contributed by atoms with van der Waals surface area (Å²) in [6.07, 6.45) is 11.8. The molecule has 0 saturated heterocycles. The molecular weight excluding hydrogens is 368 g/mol. The van der Waals surface area contributed by atoms with Crippen LogP contribution in [0.2, 0.25) is 0 Å². The normalized spacial score (nSPS) is 19.0. The van der Waals surface area contributed by atoms with Gasteiger partial charge in [-0.15, -0.1) is 0 Å². The molecule has 1 aliphatic carbocycles. The maximum Gasteiger partial charge on any atom is 0.261 e. The second-order valence-electron chi connectivity index (χ2n) is 7.87. The second kappa shape index (κ2) is 7.39. The molecule has 29 heavy (non-hydrogen) atoms. The Labute approximate surface area is 169 Å². The number of fused-ring (bicyclic) bond motifs is 2. The predicted octanol–water partition coefficient (Wildman–Crippen LogP) is 4.02. The molecule has 3 aromatic rings. The number of amides is 1. The Morgan fingerprint density at radius 1 is 1.28 bits per heavy atom. The summed E-state index contributed by atoms with van der Waals surface area (Å²) in [6.45, 7) is 2.05. The Kier molecular flexibility index (Phi) is 4.58. The topological polar surface area (TPSA) is 77.8 Å². The van der Waals surface area contributed by atoms with Gasteiger partial charge >= 0.3 is 0 Å². The minimum Gasteiger partial charge on any atom is -0.490 e. The van der Waals surface area contributed by atoms with Gasteiger partial charge in [0.15, 0.2) is 5.65 Å². The number of hydrogen-bond acceptors (Lipinski definition) is 5. The molecule has 150 valence electrons. The molecule has 1 saturated carbocycles. The van der Waals surface area contributed by atoms with Gasteiger partial charge in [0.2, 0.25) is 0 Å². The van der Waals surface area contributed by atoms with Gasteiger partial charge in [-0.25, -0.2) is 9.50 Å². The summed E-state index contributed by atoms with van der Waals surface area (Å²) in [4.78, 5) is 17.3. The minimum atomic E-state index is -0.251. The predicted molar refractivity (Wildman–Crippen MR) is 109 cm³/mol. The lowest BCUT2D eigenvalue weighted by Crippen LogP contribution is -2.21. The largest absolute Gasteiger partial charge is 0.490 e. The molecule has 7 nitrogen and oxygen atoms in total. The van der Waals surface area contributed by atoms with Crippen LogP contribution >= 0.6 is 0 Å². The van der Waals surface area contributed by atoms with E-state index in [1.54, 1.807) is 23.0 Å². The molecular formula is C22H24N4O3. The van der Waals surface area contributed by atoms with Crippen LogP contribution in [0.1, 0.15) is 54.9 Å². The zero-order valence-electron chi connectivity index (χ0n) is 16.4. The first-order valence-corrected chi connectivity index (χ1v) is 10.3. The Balaban J connectivity index is 1.46. The van der Waals surface area contributed by atoms with Gasteiger partial charge in [0.05, 0.1) is 18.0 Å². The molecule has 0 bridgehead atoms. The van der Waals surface area contributed by atoms with Crippen LogP contribution < -0.4 is 14.8 Å². The van der Waals surface area contributed by atoms with Crippen LogP contribution in [0.25, 0.3) is 5.65 Å². The molecule has 0 radical (unpaired) electrons. The minimum absolute atomic E-state index is 0.127. The summed E-state index contributed by atoms with van der Waals surface area (Å²) in [5.74, 6) is 1.26. The van der Waals surface area contributed by atoms with E-state index in [4.69, 9.17) is 9.47 Å². The fraction of sp³-hybridized carbons (Fsp3) is 0.409. The molecule has 3 heterocycles. The first-order chi connectivity index (χ1) is 14.2. The van der Waals surface area contributed by atoms with E-state index in [0.717, 1.165) is 30.6 Å². The lowest BCUT2D eigenvalue weighted by Gasteiger charge is -2.24. The Hall–Kier alpha value is -3.09. The van der Waals surface area contributed by atoms with E-state index in [-0.39, 0.29) is 18.1 Å². The van der Waals surface area contributed by atoms with Gasteiger partial charge in [-0.3, -0.25) is 4.79 Å². The number of carbonyl (C=O) groups is 1. The Morgan fingerprint density at radius 2 is 2.14 bits per heavy atom. The van der Waals surface area contributed by atoms with Crippen LogP contribution in [0, 0.1) is 0 Å². The fourth-order valence-electron chi connectivity index (χ4n) is 4.18. The highest BCUT2D eigenvalue weighted by Gasteiger charge is 2.25. The molecule has 1 aliphatic heterocycles. The number of benzene rings is 1. The van der Waals surface area contributed by atoms with Crippen molar-refractivity contribution >= 4 is 17.2 Å². The number of rotatable bonds is 4. The average Bonchev–Trinajstić information content (AvgIpc) is 3.31.